The highest BCUT2D eigenvalue weighted by Crippen LogP contribution is 2.06. The maximum atomic E-state index is 11.6. The molecule has 1 aliphatic rings. The summed E-state index contributed by atoms with van der Waals surface area (Å²) in [4.78, 5) is 26.6. The third-order valence-corrected chi connectivity index (χ3v) is 2.87. The molecule has 1 atom stereocenters. The second kappa shape index (κ2) is 5.81. The molecule has 6 heteroatoms. The molecule has 2 amide bonds. The van der Waals surface area contributed by atoms with Gasteiger partial charge in [0.15, 0.2) is 0 Å². The fraction of sp³-hybridized carbons (Fsp3) is 0.800. The van der Waals surface area contributed by atoms with Crippen molar-refractivity contribution in [3.05, 3.63) is 0 Å². The molecular formula is C10H20N4O2. The molecule has 0 aliphatic carbocycles. The van der Waals surface area contributed by atoms with Crippen LogP contribution in [0.25, 0.3) is 0 Å². The van der Waals surface area contributed by atoms with Gasteiger partial charge < -0.3 is 4.90 Å². The maximum Gasteiger partial charge on any atom is 0.237 e. The summed E-state index contributed by atoms with van der Waals surface area (Å²) in [7, 11) is 1.81. The molecular weight excluding hydrogens is 208 g/mol. The molecule has 92 valence electrons. The van der Waals surface area contributed by atoms with E-state index in [0.717, 1.165) is 19.5 Å². The summed E-state index contributed by atoms with van der Waals surface area (Å²) in [5, 5.41) is 0. The first-order valence-electron chi connectivity index (χ1n) is 5.51. The molecule has 0 aromatic carbocycles. The second-order valence-electron chi connectivity index (χ2n) is 4.31. The van der Waals surface area contributed by atoms with Crippen LogP contribution in [0, 0.1) is 5.92 Å². The van der Waals surface area contributed by atoms with Gasteiger partial charge in [-0.1, -0.05) is 6.92 Å². The molecule has 1 saturated heterocycles. The van der Waals surface area contributed by atoms with Gasteiger partial charge in [0.2, 0.25) is 11.8 Å². The van der Waals surface area contributed by atoms with Crippen LogP contribution in [-0.4, -0.2) is 54.8 Å². The van der Waals surface area contributed by atoms with Crippen molar-refractivity contribution in [3.8, 4) is 0 Å². The number of hydrogen-bond acceptors (Lipinski definition) is 4. The predicted octanol–water partition coefficient (Wildman–Crippen LogP) is -1.22. The third-order valence-electron chi connectivity index (χ3n) is 2.87. The number of likely N-dealkylation sites (N-methyl/N-ethyl adjacent to an activating group) is 1. The number of hydrazine groups is 1. The topological polar surface area (TPSA) is 78.7 Å². The van der Waals surface area contributed by atoms with Crippen LogP contribution < -0.4 is 11.3 Å². The molecule has 0 saturated carbocycles. The zero-order valence-electron chi connectivity index (χ0n) is 9.90. The SMILES string of the molecule is CC(CN1CCCN(C)C(=O)C1)C(=O)NN. The quantitative estimate of drug-likeness (QED) is 0.360. The van der Waals surface area contributed by atoms with Crippen molar-refractivity contribution in [1.29, 1.82) is 0 Å². The average molecular weight is 228 g/mol. The van der Waals surface area contributed by atoms with E-state index in [1.807, 2.05) is 11.9 Å². The summed E-state index contributed by atoms with van der Waals surface area (Å²) in [5.41, 5.74) is 2.13. The van der Waals surface area contributed by atoms with E-state index < -0.39 is 0 Å². The molecule has 16 heavy (non-hydrogen) atoms. The number of nitrogens with one attached hydrogen (secondary N) is 1. The van der Waals surface area contributed by atoms with Crippen LogP contribution in [0.15, 0.2) is 0 Å². The first-order valence-corrected chi connectivity index (χ1v) is 5.51. The molecule has 0 spiro atoms. The van der Waals surface area contributed by atoms with Crippen LogP contribution in [0.2, 0.25) is 0 Å². The number of hydrogen-bond donors (Lipinski definition) is 2. The van der Waals surface area contributed by atoms with Crippen molar-refractivity contribution < 1.29 is 9.59 Å². The van der Waals surface area contributed by atoms with Crippen LogP contribution in [0.3, 0.4) is 0 Å². The molecule has 1 rings (SSSR count). The molecule has 0 aromatic rings. The van der Waals surface area contributed by atoms with E-state index in [1.165, 1.54) is 0 Å². The monoisotopic (exact) mass is 228 g/mol. The van der Waals surface area contributed by atoms with Crippen molar-refractivity contribution in [1.82, 2.24) is 15.2 Å². The van der Waals surface area contributed by atoms with Gasteiger partial charge in [-0.2, -0.15) is 0 Å². The van der Waals surface area contributed by atoms with Crippen LogP contribution in [0.1, 0.15) is 13.3 Å². The lowest BCUT2D eigenvalue weighted by molar-refractivity contribution is -0.131. The first kappa shape index (κ1) is 12.9. The largest absolute Gasteiger partial charge is 0.345 e. The van der Waals surface area contributed by atoms with Crippen LogP contribution >= 0.6 is 0 Å². The summed E-state index contributed by atoms with van der Waals surface area (Å²) < 4.78 is 0. The zero-order valence-corrected chi connectivity index (χ0v) is 9.90. The first-order chi connectivity index (χ1) is 7.54. The fourth-order valence-electron chi connectivity index (χ4n) is 1.82. The zero-order chi connectivity index (χ0) is 12.1. The minimum absolute atomic E-state index is 0.109. The van der Waals surface area contributed by atoms with Crippen LogP contribution in [0.5, 0.6) is 0 Å². The molecule has 0 bridgehead atoms. The van der Waals surface area contributed by atoms with Crippen molar-refractivity contribution in [2.24, 2.45) is 11.8 Å². The Bertz CT molecular complexity index is 270. The third kappa shape index (κ3) is 3.46. The highest BCUT2D eigenvalue weighted by atomic mass is 16.2. The minimum atomic E-state index is -0.193. The Labute approximate surface area is 95.7 Å². The van der Waals surface area contributed by atoms with Crippen molar-refractivity contribution >= 4 is 11.8 Å². The van der Waals surface area contributed by atoms with E-state index in [2.05, 4.69) is 5.43 Å². The van der Waals surface area contributed by atoms with Crippen LogP contribution in [0.4, 0.5) is 0 Å². The highest BCUT2D eigenvalue weighted by Gasteiger charge is 2.22. The summed E-state index contributed by atoms with van der Waals surface area (Å²) >= 11 is 0. The Kier molecular flexibility index (Phi) is 4.70. The Hall–Kier alpha value is -1.14. The van der Waals surface area contributed by atoms with Gasteiger partial charge in [-0.05, 0) is 6.42 Å². The smallest absolute Gasteiger partial charge is 0.237 e. The summed E-state index contributed by atoms with van der Waals surface area (Å²) in [5.74, 6) is 4.79. The van der Waals surface area contributed by atoms with Crippen molar-refractivity contribution in [3.63, 3.8) is 0 Å². The lowest BCUT2D eigenvalue weighted by atomic mass is 10.1. The molecule has 6 nitrogen and oxygen atoms in total. The van der Waals surface area contributed by atoms with Crippen molar-refractivity contribution in [2.75, 3.05) is 33.2 Å². The minimum Gasteiger partial charge on any atom is -0.345 e. The number of amides is 2. The average Bonchev–Trinajstić information content (AvgIpc) is 2.40. The molecule has 0 aromatic heterocycles. The number of carbonyl (C=O) groups is 2. The van der Waals surface area contributed by atoms with Gasteiger partial charge in [0.25, 0.3) is 0 Å². The van der Waals surface area contributed by atoms with Gasteiger partial charge >= 0.3 is 0 Å². The maximum absolute atomic E-state index is 11.6. The van der Waals surface area contributed by atoms with E-state index >= 15 is 0 Å². The van der Waals surface area contributed by atoms with E-state index in [9.17, 15) is 9.59 Å². The lowest BCUT2D eigenvalue weighted by Gasteiger charge is -2.22. The predicted molar refractivity (Wildman–Crippen MR) is 60.2 cm³/mol. The summed E-state index contributed by atoms with van der Waals surface area (Å²) in [6.07, 6.45) is 0.944. The van der Waals surface area contributed by atoms with Gasteiger partial charge in [-0.15, -0.1) is 0 Å². The van der Waals surface area contributed by atoms with Crippen molar-refractivity contribution in [2.45, 2.75) is 13.3 Å². The number of rotatable bonds is 3. The number of nitrogens with two attached hydrogens (primary N) is 1. The van der Waals surface area contributed by atoms with Gasteiger partial charge in [0, 0.05) is 32.6 Å². The summed E-state index contributed by atoms with van der Waals surface area (Å²) in [6, 6.07) is 0. The molecule has 1 aliphatic heterocycles. The Morgan fingerprint density at radius 2 is 2.25 bits per heavy atom. The van der Waals surface area contributed by atoms with E-state index in [1.54, 1.807) is 11.8 Å². The van der Waals surface area contributed by atoms with E-state index in [-0.39, 0.29) is 17.7 Å². The Morgan fingerprint density at radius 3 is 2.88 bits per heavy atom. The lowest BCUT2D eigenvalue weighted by Crippen LogP contribution is -2.42. The molecule has 1 fully saturated rings. The van der Waals surface area contributed by atoms with Gasteiger partial charge in [-0.25, -0.2) is 5.84 Å². The van der Waals surface area contributed by atoms with E-state index in [4.69, 9.17) is 5.84 Å². The summed E-state index contributed by atoms with van der Waals surface area (Å²) in [6.45, 7) is 4.40. The molecule has 0 radical (unpaired) electrons. The molecule has 3 N–H and O–H groups in total. The second-order valence-corrected chi connectivity index (χ2v) is 4.31. The van der Waals surface area contributed by atoms with Gasteiger partial charge in [0.05, 0.1) is 6.54 Å². The van der Waals surface area contributed by atoms with E-state index in [0.29, 0.717) is 13.1 Å². The van der Waals surface area contributed by atoms with Gasteiger partial charge in [0.1, 0.15) is 0 Å². The number of nitrogens with zero attached hydrogens (tertiary/aromatic N) is 2. The molecule has 1 unspecified atom stereocenters. The van der Waals surface area contributed by atoms with Gasteiger partial charge in [-0.3, -0.25) is 19.9 Å². The Balaban J connectivity index is 2.48. The normalized spacial score (nSPS) is 20.4. The fourth-order valence-corrected chi connectivity index (χ4v) is 1.82. The van der Waals surface area contributed by atoms with Crippen LogP contribution in [-0.2, 0) is 9.59 Å². The highest BCUT2D eigenvalue weighted by molar-refractivity contribution is 5.79. The Morgan fingerprint density at radius 1 is 1.56 bits per heavy atom. The molecule has 1 heterocycles. The standard InChI is InChI=1S/C10H20N4O2/c1-8(10(16)12-11)6-14-5-3-4-13(2)9(15)7-14/h8H,3-7,11H2,1-2H3,(H,12,16). The number of carbonyl (C=O) groups excluding carboxylic acids is 2.